The Balaban J connectivity index is 3.01. The van der Waals surface area contributed by atoms with Crippen molar-refractivity contribution >= 4 is 10.0 Å². The van der Waals surface area contributed by atoms with Crippen molar-refractivity contribution in [3.8, 4) is 0 Å². The molecule has 6 heteroatoms. The molecule has 1 aromatic carbocycles. The van der Waals surface area contributed by atoms with E-state index in [-0.39, 0.29) is 18.0 Å². The van der Waals surface area contributed by atoms with Crippen LogP contribution in [-0.4, -0.2) is 31.1 Å². The van der Waals surface area contributed by atoms with Crippen LogP contribution in [0.3, 0.4) is 0 Å². The SMILES string of the molecule is Cc1ccc(S(=O)(=O)N(N)CCO)cc1. The van der Waals surface area contributed by atoms with E-state index in [0.717, 1.165) is 5.56 Å². The zero-order chi connectivity index (χ0) is 11.5. The second-order valence-corrected chi connectivity index (χ2v) is 5.04. The zero-order valence-corrected chi connectivity index (χ0v) is 9.24. The molecule has 5 nitrogen and oxygen atoms in total. The molecule has 0 aromatic heterocycles. The van der Waals surface area contributed by atoms with Crippen LogP contribution >= 0.6 is 0 Å². The highest BCUT2D eigenvalue weighted by atomic mass is 32.2. The molecule has 0 amide bonds. The molecule has 0 radical (unpaired) electrons. The molecule has 0 spiro atoms. The standard InChI is InChI=1S/C9H14N2O3S/c1-8-2-4-9(5-3-8)15(13,14)11(10)6-7-12/h2-5,12H,6-7,10H2,1H3. The minimum Gasteiger partial charge on any atom is -0.395 e. The van der Waals surface area contributed by atoms with Crippen molar-refractivity contribution in [2.24, 2.45) is 5.84 Å². The largest absolute Gasteiger partial charge is 0.395 e. The van der Waals surface area contributed by atoms with Crippen LogP contribution in [0.1, 0.15) is 5.56 Å². The third-order valence-corrected chi connectivity index (χ3v) is 3.62. The Hall–Kier alpha value is -0.950. The van der Waals surface area contributed by atoms with Crippen LogP contribution in [0.25, 0.3) is 0 Å². The van der Waals surface area contributed by atoms with E-state index >= 15 is 0 Å². The van der Waals surface area contributed by atoms with Crippen LogP contribution in [0, 0.1) is 6.92 Å². The quantitative estimate of drug-likeness (QED) is 0.556. The number of nitrogens with two attached hydrogens (primary N) is 1. The lowest BCUT2D eigenvalue weighted by Crippen LogP contribution is -2.39. The molecule has 0 aliphatic rings. The van der Waals surface area contributed by atoms with Crippen LogP contribution in [0.4, 0.5) is 0 Å². The van der Waals surface area contributed by atoms with Gasteiger partial charge in [-0.1, -0.05) is 17.7 Å². The van der Waals surface area contributed by atoms with E-state index in [4.69, 9.17) is 10.9 Å². The minimum absolute atomic E-state index is 0.115. The summed E-state index contributed by atoms with van der Waals surface area (Å²) >= 11 is 0. The maximum absolute atomic E-state index is 11.7. The van der Waals surface area contributed by atoms with Gasteiger partial charge in [0, 0.05) is 0 Å². The highest BCUT2D eigenvalue weighted by Gasteiger charge is 2.20. The summed E-state index contributed by atoms with van der Waals surface area (Å²) in [5, 5.41) is 8.60. The fourth-order valence-electron chi connectivity index (χ4n) is 1.06. The third kappa shape index (κ3) is 2.75. The summed E-state index contributed by atoms with van der Waals surface area (Å²) in [4.78, 5) is 0.129. The summed E-state index contributed by atoms with van der Waals surface area (Å²) in [5.74, 6) is 5.32. The van der Waals surface area contributed by atoms with E-state index in [1.807, 2.05) is 6.92 Å². The lowest BCUT2D eigenvalue weighted by atomic mass is 10.2. The molecule has 0 bridgehead atoms. The Morgan fingerprint density at radius 3 is 2.33 bits per heavy atom. The Morgan fingerprint density at radius 2 is 1.87 bits per heavy atom. The summed E-state index contributed by atoms with van der Waals surface area (Å²) in [6.07, 6.45) is 0. The Labute approximate surface area is 89.2 Å². The first-order valence-corrected chi connectivity index (χ1v) is 5.87. The van der Waals surface area contributed by atoms with E-state index in [1.165, 1.54) is 12.1 Å². The molecule has 0 unspecified atom stereocenters. The summed E-state index contributed by atoms with van der Waals surface area (Å²) in [7, 11) is -3.67. The van der Waals surface area contributed by atoms with Gasteiger partial charge in [0.1, 0.15) is 0 Å². The van der Waals surface area contributed by atoms with E-state index in [1.54, 1.807) is 12.1 Å². The summed E-state index contributed by atoms with van der Waals surface area (Å²) in [6.45, 7) is 1.45. The van der Waals surface area contributed by atoms with Gasteiger partial charge in [-0.05, 0) is 19.1 Å². The fourth-order valence-corrected chi connectivity index (χ4v) is 2.14. The number of hydrogen-bond acceptors (Lipinski definition) is 4. The molecule has 84 valence electrons. The second-order valence-electron chi connectivity index (χ2n) is 3.15. The van der Waals surface area contributed by atoms with Crippen molar-refractivity contribution in [3.05, 3.63) is 29.8 Å². The Bertz CT molecular complexity index is 413. The normalized spacial score (nSPS) is 12.0. The molecule has 0 saturated carbocycles. The first-order chi connectivity index (χ1) is 6.98. The van der Waals surface area contributed by atoms with Crippen molar-refractivity contribution in [1.29, 1.82) is 0 Å². The third-order valence-electron chi connectivity index (χ3n) is 1.95. The highest BCUT2D eigenvalue weighted by molar-refractivity contribution is 7.89. The number of sulfonamides is 1. The smallest absolute Gasteiger partial charge is 0.255 e. The molecule has 0 aliphatic heterocycles. The number of aliphatic hydroxyl groups excluding tert-OH is 1. The van der Waals surface area contributed by atoms with Gasteiger partial charge in [0.2, 0.25) is 0 Å². The summed E-state index contributed by atoms with van der Waals surface area (Å²) in [5.41, 5.74) is 0.972. The van der Waals surface area contributed by atoms with Gasteiger partial charge < -0.3 is 5.11 Å². The number of benzene rings is 1. The molecule has 0 atom stereocenters. The van der Waals surface area contributed by atoms with Crippen molar-refractivity contribution in [2.75, 3.05) is 13.2 Å². The minimum atomic E-state index is -3.67. The Morgan fingerprint density at radius 1 is 1.33 bits per heavy atom. The first kappa shape index (κ1) is 12.1. The van der Waals surface area contributed by atoms with Gasteiger partial charge in [0.05, 0.1) is 18.0 Å². The topological polar surface area (TPSA) is 83.6 Å². The van der Waals surface area contributed by atoms with E-state index in [2.05, 4.69) is 0 Å². The number of hydrogen-bond donors (Lipinski definition) is 2. The molecule has 1 rings (SSSR count). The first-order valence-electron chi connectivity index (χ1n) is 4.43. The number of rotatable bonds is 4. The maximum atomic E-state index is 11.7. The predicted octanol–water partition coefficient (Wildman–Crippen LogP) is -0.148. The van der Waals surface area contributed by atoms with Gasteiger partial charge in [-0.3, -0.25) is 5.84 Å². The molecular weight excluding hydrogens is 216 g/mol. The van der Waals surface area contributed by atoms with Crippen molar-refractivity contribution in [2.45, 2.75) is 11.8 Å². The average molecular weight is 230 g/mol. The van der Waals surface area contributed by atoms with Crippen molar-refractivity contribution < 1.29 is 13.5 Å². The number of aryl methyl sites for hydroxylation is 1. The van der Waals surface area contributed by atoms with E-state index in [0.29, 0.717) is 4.41 Å². The Kier molecular flexibility index (Phi) is 3.81. The van der Waals surface area contributed by atoms with Gasteiger partial charge in [-0.2, -0.15) is 0 Å². The van der Waals surface area contributed by atoms with Crippen LogP contribution in [0.5, 0.6) is 0 Å². The van der Waals surface area contributed by atoms with Gasteiger partial charge in [0.15, 0.2) is 0 Å². The molecular formula is C9H14N2O3S. The summed E-state index contributed by atoms with van der Waals surface area (Å²) < 4.78 is 24.1. The number of hydrazine groups is 1. The maximum Gasteiger partial charge on any atom is 0.255 e. The predicted molar refractivity (Wildman–Crippen MR) is 56.3 cm³/mol. The lowest BCUT2D eigenvalue weighted by molar-refractivity contribution is 0.255. The second kappa shape index (κ2) is 4.71. The molecule has 1 aromatic rings. The number of aliphatic hydroxyl groups is 1. The molecule has 0 fully saturated rings. The fraction of sp³-hybridized carbons (Fsp3) is 0.333. The van der Waals surface area contributed by atoms with Crippen LogP contribution in [-0.2, 0) is 10.0 Å². The van der Waals surface area contributed by atoms with Gasteiger partial charge in [-0.25, -0.2) is 8.42 Å². The zero-order valence-electron chi connectivity index (χ0n) is 8.42. The molecule has 3 N–H and O–H groups in total. The van der Waals surface area contributed by atoms with Gasteiger partial charge in [-0.15, -0.1) is 4.41 Å². The van der Waals surface area contributed by atoms with Crippen LogP contribution < -0.4 is 5.84 Å². The number of nitrogens with zero attached hydrogens (tertiary/aromatic N) is 1. The van der Waals surface area contributed by atoms with Crippen LogP contribution in [0.15, 0.2) is 29.2 Å². The van der Waals surface area contributed by atoms with Crippen LogP contribution in [0.2, 0.25) is 0 Å². The van der Waals surface area contributed by atoms with Crippen molar-refractivity contribution in [1.82, 2.24) is 4.41 Å². The van der Waals surface area contributed by atoms with E-state index in [9.17, 15) is 8.42 Å². The molecule has 0 heterocycles. The van der Waals surface area contributed by atoms with E-state index < -0.39 is 10.0 Å². The molecule has 0 saturated heterocycles. The summed E-state index contributed by atoms with van der Waals surface area (Å²) in [6, 6.07) is 6.36. The lowest BCUT2D eigenvalue weighted by Gasteiger charge is -2.15. The molecule has 15 heavy (non-hydrogen) atoms. The van der Waals surface area contributed by atoms with Crippen molar-refractivity contribution in [3.63, 3.8) is 0 Å². The monoisotopic (exact) mass is 230 g/mol. The van der Waals surface area contributed by atoms with Gasteiger partial charge in [0.25, 0.3) is 10.0 Å². The highest BCUT2D eigenvalue weighted by Crippen LogP contribution is 2.13. The molecule has 0 aliphatic carbocycles. The van der Waals surface area contributed by atoms with Gasteiger partial charge >= 0.3 is 0 Å². The average Bonchev–Trinajstić information content (AvgIpc) is 2.18.